The van der Waals surface area contributed by atoms with Crippen molar-refractivity contribution in [2.75, 3.05) is 0 Å². The molecule has 0 saturated heterocycles. The smallest absolute Gasteiger partial charge is 0.114 e. The molecule has 0 N–H and O–H groups in total. The molecule has 15 heavy (non-hydrogen) atoms. The molecule has 0 amide bonds. The number of halogens is 1. The van der Waals surface area contributed by atoms with Crippen LogP contribution in [0.25, 0.3) is 0 Å². The molecule has 78 valence electrons. The maximum Gasteiger partial charge on any atom is 0.114 e. The molecule has 0 atom stereocenters. The van der Waals surface area contributed by atoms with Crippen LogP contribution in [-0.4, -0.2) is 4.98 Å². The van der Waals surface area contributed by atoms with E-state index in [9.17, 15) is 0 Å². The van der Waals surface area contributed by atoms with Crippen LogP contribution >= 0.6 is 27.7 Å². The number of hydrogen-bond acceptors (Lipinski definition) is 3. The predicted octanol–water partition coefficient (Wildman–Crippen LogP) is 4.04. The molecule has 0 unspecified atom stereocenters. The number of aryl methyl sites for hydroxylation is 1. The van der Waals surface area contributed by atoms with Gasteiger partial charge in [0.25, 0.3) is 0 Å². The number of nitrogens with zero attached hydrogens (tertiary/aromatic N) is 1. The molecule has 0 radical (unpaired) electrons. The lowest BCUT2D eigenvalue weighted by Gasteiger charge is -2.01. The van der Waals surface area contributed by atoms with Crippen LogP contribution in [-0.2, 0) is 5.75 Å². The van der Waals surface area contributed by atoms with E-state index in [1.807, 2.05) is 18.3 Å². The first-order chi connectivity index (χ1) is 7.25. The Bertz CT molecular complexity index is 442. The van der Waals surface area contributed by atoms with E-state index in [0.29, 0.717) is 0 Å². The lowest BCUT2D eigenvalue weighted by atomic mass is 10.3. The van der Waals surface area contributed by atoms with E-state index >= 15 is 0 Å². The van der Waals surface area contributed by atoms with Crippen molar-refractivity contribution >= 4 is 27.7 Å². The Morgan fingerprint density at radius 1 is 1.53 bits per heavy atom. The molecular weight excluding hydrogens is 274 g/mol. The zero-order valence-electron chi connectivity index (χ0n) is 8.24. The van der Waals surface area contributed by atoms with Crippen LogP contribution in [0.4, 0.5) is 0 Å². The average molecular weight is 284 g/mol. The highest BCUT2D eigenvalue weighted by Gasteiger charge is 2.01. The zero-order chi connectivity index (χ0) is 10.7. The largest absolute Gasteiger partial charge is 0.468 e. The SMILES string of the molecule is Cc1cc(SCc2ccco2)ncc1Br. The van der Waals surface area contributed by atoms with Crippen LogP contribution in [0.2, 0.25) is 0 Å². The highest BCUT2D eigenvalue weighted by Crippen LogP contribution is 2.24. The summed E-state index contributed by atoms with van der Waals surface area (Å²) in [5.74, 6) is 1.79. The van der Waals surface area contributed by atoms with Gasteiger partial charge in [0, 0.05) is 10.7 Å². The van der Waals surface area contributed by atoms with Gasteiger partial charge < -0.3 is 4.42 Å². The van der Waals surface area contributed by atoms with E-state index in [1.165, 1.54) is 5.56 Å². The zero-order valence-corrected chi connectivity index (χ0v) is 10.6. The van der Waals surface area contributed by atoms with Crippen LogP contribution in [0.1, 0.15) is 11.3 Å². The molecule has 2 heterocycles. The van der Waals surface area contributed by atoms with Crippen molar-refractivity contribution in [3.63, 3.8) is 0 Å². The maximum atomic E-state index is 5.25. The summed E-state index contributed by atoms with van der Waals surface area (Å²) in [6.07, 6.45) is 3.52. The second-order valence-corrected chi connectivity index (χ2v) is 4.99. The van der Waals surface area contributed by atoms with Crippen molar-refractivity contribution in [1.82, 2.24) is 4.98 Å². The van der Waals surface area contributed by atoms with E-state index in [1.54, 1.807) is 18.0 Å². The van der Waals surface area contributed by atoms with Crippen molar-refractivity contribution in [2.45, 2.75) is 17.7 Å². The van der Waals surface area contributed by atoms with Gasteiger partial charge in [-0.15, -0.1) is 0 Å². The molecular formula is C11H10BrNOS. The second kappa shape index (κ2) is 4.86. The Morgan fingerprint density at radius 2 is 2.40 bits per heavy atom. The molecule has 2 aromatic heterocycles. The van der Waals surface area contributed by atoms with Gasteiger partial charge in [0.15, 0.2) is 0 Å². The van der Waals surface area contributed by atoms with Gasteiger partial charge in [-0.3, -0.25) is 0 Å². The first-order valence-electron chi connectivity index (χ1n) is 4.53. The van der Waals surface area contributed by atoms with Crippen LogP contribution in [0, 0.1) is 6.92 Å². The molecule has 2 aromatic rings. The standard InChI is InChI=1S/C11H10BrNOS/c1-8-5-11(13-6-10(8)12)15-7-9-3-2-4-14-9/h2-6H,7H2,1H3. The molecule has 0 spiro atoms. The number of furan rings is 1. The Kier molecular flexibility index (Phi) is 3.49. The third kappa shape index (κ3) is 2.86. The number of pyridine rings is 1. The first kappa shape index (κ1) is 10.8. The number of aromatic nitrogens is 1. The molecule has 0 aliphatic heterocycles. The Hall–Kier alpha value is -0.740. The van der Waals surface area contributed by atoms with Crippen molar-refractivity contribution in [3.05, 3.63) is 46.5 Å². The Labute approximate surface area is 101 Å². The average Bonchev–Trinajstić information content (AvgIpc) is 2.73. The summed E-state index contributed by atoms with van der Waals surface area (Å²) in [6, 6.07) is 5.94. The van der Waals surface area contributed by atoms with Gasteiger partial charge in [-0.25, -0.2) is 4.98 Å². The molecule has 0 aliphatic rings. The molecule has 0 aliphatic carbocycles. The van der Waals surface area contributed by atoms with Crippen molar-refractivity contribution < 1.29 is 4.42 Å². The van der Waals surface area contributed by atoms with Crippen molar-refractivity contribution in [2.24, 2.45) is 0 Å². The topological polar surface area (TPSA) is 26.0 Å². The van der Waals surface area contributed by atoms with Gasteiger partial charge in [0.1, 0.15) is 5.76 Å². The summed E-state index contributed by atoms with van der Waals surface area (Å²) < 4.78 is 6.30. The molecule has 2 rings (SSSR count). The minimum absolute atomic E-state index is 0.821. The number of hydrogen-bond donors (Lipinski definition) is 0. The summed E-state index contributed by atoms with van der Waals surface area (Å²) in [5.41, 5.74) is 1.20. The van der Waals surface area contributed by atoms with E-state index < -0.39 is 0 Å². The number of thioether (sulfide) groups is 1. The van der Waals surface area contributed by atoms with Crippen LogP contribution < -0.4 is 0 Å². The lowest BCUT2D eigenvalue weighted by Crippen LogP contribution is -1.84. The second-order valence-electron chi connectivity index (χ2n) is 3.14. The summed E-state index contributed by atoms with van der Waals surface area (Å²) in [7, 11) is 0. The van der Waals surface area contributed by atoms with E-state index in [2.05, 4.69) is 33.9 Å². The van der Waals surface area contributed by atoms with Crippen LogP contribution in [0.5, 0.6) is 0 Å². The molecule has 0 aromatic carbocycles. The van der Waals surface area contributed by atoms with Gasteiger partial charge in [0.2, 0.25) is 0 Å². The van der Waals surface area contributed by atoms with Gasteiger partial charge in [-0.05, 0) is 46.6 Å². The minimum Gasteiger partial charge on any atom is -0.468 e. The molecule has 2 nitrogen and oxygen atoms in total. The molecule has 0 bridgehead atoms. The van der Waals surface area contributed by atoms with E-state index in [4.69, 9.17) is 4.42 Å². The maximum absolute atomic E-state index is 5.25. The van der Waals surface area contributed by atoms with Gasteiger partial charge >= 0.3 is 0 Å². The van der Waals surface area contributed by atoms with Gasteiger partial charge in [-0.2, -0.15) is 0 Å². The van der Waals surface area contributed by atoms with Crippen molar-refractivity contribution in [1.29, 1.82) is 0 Å². The fourth-order valence-corrected chi connectivity index (χ4v) is 2.19. The van der Waals surface area contributed by atoms with Crippen molar-refractivity contribution in [3.8, 4) is 0 Å². The summed E-state index contributed by atoms with van der Waals surface area (Å²) in [5, 5.41) is 1.02. The summed E-state index contributed by atoms with van der Waals surface area (Å²) in [4.78, 5) is 4.31. The predicted molar refractivity (Wildman–Crippen MR) is 64.9 cm³/mol. The highest BCUT2D eigenvalue weighted by atomic mass is 79.9. The Balaban J connectivity index is 2.02. The third-order valence-electron chi connectivity index (χ3n) is 1.96. The van der Waals surface area contributed by atoms with Gasteiger partial charge in [0.05, 0.1) is 17.0 Å². The monoisotopic (exact) mass is 283 g/mol. The quantitative estimate of drug-likeness (QED) is 0.796. The van der Waals surface area contributed by atoms with E-state index in [-0.39, 0.29) is 0 Å². The van der Waals surface area contributed by atoms with Gasteiger partial charge in [-0.1, -0.05) is 11.8 Å². The van der Waals surface area contributed by atoms with E-state index in [0.717, 1.165) is 21.0 Å². The highest BCUT2D eigenvalue weighted by molar-refractivity contribution is 9.10. The Morgan fingerprint density at radius 3 is 3.07 bits per heavy atom. The summed E-state index contributed by atoms with van der Waals surface area (Å²) >= 11 is 5.10. The minimum atomic E-state index is 0.821. The summed E-state index contributed by atoms with van der Waals surface area (Å²) in [6.45, 7) is 2.06. The number of rotatable bonds is 3. The fraction of sp³-hybridized carbons (Fsp3) is 0.182. The normalized spacial score (nSPS) is 10.5. The third-order valence-corrected chi connectivity index (χ3v) is 3.74. The lowest BCUT2D eigenvalue weighted by molar-refractivity contribution is 0.530. The first-order valence-corrected chi connectivity index (χ1v) is 6.31. The molecule has 0 saturated carbocycles. The fourth-order valence-electron chi connectivity index (χ4n) is 1.13. The van der Waals surface area contributed by atoms with Crippen LogP contribution in [0.3, 0.4) is 0 Å². The molecule has 0 fully saturated rings. The van der Waals surface area contributed by atoms with Crippen LogP contribution in [0.15, 0.2) is 44.6 Å². The molecule has 4 heteroatoms.